The molecule has 0 radical (unpaired) electrons. The SMILES string of the molecule is O=C(OCC(Br)(Br)Br)C1CC1. The van der Waals surface area contributed by atoms with Crippen molar-refractivity contribution in [2.24, 2.45) is 5.92 Å². The molecule has 0 unspecified atom stereocenters. The molecule has 0 aromatic rings. The van der Waals surface area contributed by atoms with E-state index in [1.807, 2.05) is 0 Å². The summed E-state index contributed by atoms with van der Waals surface area (Å²) >= 11 is 9.70. The van der Waals surface area contributed by atoms with Crippen LogP contribution in [-0.2, 0) is 9.53 Å². The van der Waals surface area contributed by atoms with Gasteiger partial charge in [-0.1, -0.05) is 47.8 Å². The maximum Gasteiger partial charge on any atom is 0.309 e. The molecule has 0 N–H and O–H groups in total. The molecule has 1 aliphatic carbocycles. The van der Waals surface area contributed by atoms with E-state index >= 15 is 0 Å². The minimum absolute atomic E-state index is 0.0901. The first-order valence-corrected chi connectivity index (χ1v) is 5.60. The Kier molecular flexibility index (Phi) is 3.40. The summed E-state index contributed by atoms with van der Waals surface area (Å²) in [4.78, 5) is 11.0. The molecule has 11 heavy (non-hydrogen) atoms. The molecule has 0 spiro atoms. The fourth-order valence-corrected chi connectivity index (χ4v) is 0.933. The lowest BCUT2D eigenvalue weighted by molar-refractivity contribution is -0.144. The molecule has 0 aromatic heterocycles. The zero-order chi connectivity index (χ0) is 8.48. The molecule has 0 heterocycles. The first-order chi connectivity index (χ1) is 4.99. The lowest BCUT2D eigenvalue weighted by Gasteiger charge is -2.11. The average molecular weight is 351 g/mol. The molecule has 0 aromatic carbocycles. The van der Waals surface area contributed by atoms with Crippen LogP contribution in [0.3, 0.4) is 0 Å². The third-order valence-electron chi connectivity index (χ3n) is 1.29. The number of hydrogen-bond donors (Lipinski definition) is 0. The molecule has 64 valence electrons. The van der Waals surface area contributed by atoms with Gasteiger partial charge in [0.1, 0.15) is 6.61 Å². The topological polar surface area (TPSA) is 26.3 Å². The minimum Gasteiger partial charge on any atom is -0.462 e. The lowest BCUT2D eigenvalue weighted by atomic mass is 10.4. The Morgan fingerprint density at radius 1 is 1.45 bits per heavy atom. The highest BCUT2D eigenvalue weighted by atomic mass is 80.0. The highest BCUT2D eigenvalue weighted by Crippen LogP contribution is 2.35. The summed E-state index contributed by atoms with van der Waals surface area (Å²) in [5, 5.41) is 0. The van der Waals surface area contributed by atoms with Gasteiger partial charge in [0, 0.05) is 0 Å². The highest BCUT2D eigenvalue weighted by molar-refractivity contribution is 9.39. The number of rotatable bonds is 2. The van der Waals surface area contributed by atoms with Crippen LogP contribution in [0.25, 0.3) is 0 Å². The summed E-state index contributed by atoms with van der Waals surface area (Å²) in [5.74, 6) is 0.0811. The zero-order valence-corrected chi connectivity index (χ0v) is 10.4. The summed E-state index contributed by atoms with van der Waals surface area (Å²) in [5.41, 5.74) is 0. The largest absolute Gasteiger partial charge is 0.462 e. The van der Waals surface area contributed by atoms with E-state index in [2.05, 4.69) is 47.8 Å². The van der Waals surface area contributed by atoms with Crippen LogP contribution >= 0.6 is 47.8 Å². The normalized spacial score (nSPS) is 18.1. The Morgan fingerprint density at radius 2 is 2.00 bits per heavy atom. The Balaban J connectivity index is 2.16. The van der Waals surface area contributed by atoms with Crippen LogP contribution in [-0.4, -0.2) is 14.7 Å². The zero-order valence-electron chi connectivity index (χ0n) is 5.65. The van der Waals surface area contributed by atoms with Gasteiger partial charge in [0.25, 0.3) is 0 Å². The summed E-state index contributed by atoms with van der Waals surface area (Å²) < 4.78 is 4.49. The molecule has 0 bridgehead atoms. The van der Waals surface area contributed by atoms with Crippen LogP contribution in [0.5, 0.6) is 0 Å². The van der Waals surface area contributed by atoms with Crippen LogP contribution in [0.2, 0.25) is 0 Å². The third kappa shape index (κ3) is 4.48. The molecular formula is C6H7Br3O2. The molecule has 1 rings (SSSR count). The standard InChI is InChI=1S/C6H7Br3O2/c7-6(8,9)3-11-5(10)4-1-2-4/h4H,1-3H2. The number of hydrogen-bond acceptors (Lipinski definition) is 2. The summed E-state index contributed by atoms with van der Waals surface area (Å²) in [6.07, 6.45) is 1.97. The summed E-state index contributed by atoms with van der Waals surface area (Å²) in [6.45, 7) is 0.294. The van der Waals surface area contributed by atoms with E-state index in [1.54, 1.807) is 0 Å². The number of esters is 1. The predicted molar refractivity (Wildman–Crippen MR) is 53.2 cm³/mol. The first kappa shape index (κ1) is 9.99. The van der Waals surface area contributed by atoms with E-state index in [0.717, 1.165) is 12.8 Å². The maximum absolute atomic E-state index is 11.0. The number of alkyl halides is 3. The van der Waals surface area contributed by atoms with Gasteiger partial charge in [0.15, 0.2) is 2.14 Å². The van der Waals surface area contributed by atoms with E-state index in [-0.39, 0.29) is 11.9 Å². The van der Waals surface area contributed by atoms with Gasteiger partial charge >= 0.3 is 5.97 Å². The second kappa shape index (κ2) is 3.75. The molecule has 1 fully saturated rings. The molecule has 1 aliphatic rings. The number of carbonyl (C=O) groups is 1. The van der Waals surface area contributed by atoms with E-state index in [1.165, 1.54) is 0 Å². The fourth-order valence-electron chi connectivity index (χ4n) is 0.590. The van der Waals surface area contributed by atoms with Crippen molar-refractivity contribution in [1.29, 1.82) is 0 Å². The van der Waals surface area contributed by atoms with E-state index < -0.39 is 2.14 Å². The van der Waals surface area contributed by atoms with E-state index in [4.69, 9.17) is 4.74 Å². The van der Waals surface area contributed by atoms with Crippen molar-refractivity contribution in [2.45, 2.75) is 15.0 Å². The van der Waals surface area contributed by atoms with Gasteiger partial charge in [-0.3, -0.25) is 4.79 Å². The monoisotopic (exact) mass is 348 g/mol. The van der Waals surface area contributed by atoms with Crippen molar-refractivity contribution >= 4 is 53.8 Å². The fraction of sp³-hybridized carbons (Fsp3) is 0.833. The molecule has 5 heteroatoms. The summed E-state index contributed by atoms with van der Waals surface area (Å²) in [6, 6.07) is 0. The van der Waals surface area contributed by atoms with Gasteiger partial charge in [-0.2, -0.15) is 0 Å². The first-order valence-electron chi connectivity index (χ1n) is 3.22. The Hall–Kier alpha value is 0.910. The van der Waals surface area contributed by atoms with Gasteiger partial charge in [0.2, 0.25) is 0 Å². The number of halogens is 3. The van der Waals surface area contributed by atoms with Crippen molar-refractivity contribution in [3.8, 4) is 0 Å². The predicted octanol–water partition coefficient (Wildman–Crippen LogP) is 2.78. The Morgan fingerprint density at radius 3 is 2.36 bits per heavy atom. The van der Waals surface area contributed by atoms with Crippen molar-refractivity contribution in [3.63, 3.8) is 0 Å². The van der Waals surface area contributed by atoms with Crippen LogP contribution < -0.4 is 0 Å². The average Bonchev–Trinajstić information content (AvgIpc) is 2.61. The van der Waals surface area contributed by atoms with Crippen LogP contribution in [0.1, 0.15) is 12.8 Å². The van der Waals surface area contributed by atoms with Gasteiger partial charge in [0.05, 0.1) is 5.92 Å². The second-order valence-corrected chi connectivity index (χ2v) is 9.75. The Bertz CT molecular complexity index is 160. The molecule has 1 saturated carbocycles. The summed E-state index contributed by atoms with van der Waals surface area (Å²) in [7, 11) is 0. The highest BCUT2D eigenvalue weighted by Gasteiger charge is 2.32. The quantitative estimate of drug-likeness (QED) is 0.565. The molecule has 0 amide bonds. The number of carbonyl (C=O) groups excluding carboxylic acids is 1. The van der Waals surface area contributed by atoms with Crippen LogP contribution in [0, 0.1) is 5.92 Å². The number of ether oxygens (including phenoxy) is 1. The van der Waals surface area contributed by atoms with Crippen molar-refractivity contribution in [1.82, 2.24) is 0 Å². The minimum atomic E-state index is -0.461. The maximum atomic E-state index is 11.0. The van der Waals surface area contributed by atoms with E-state index in [9.17, 15) is 4.79 Å². The van der Waals surface area contributed by atoms with Crippen LogP contribution in [0.4, 0.5) is 0 Å². The molecule has 0 atom stereocenters. The lowest BCUT2D eigenvalue weighted by Crippen LogP contribution is -2.16. The van der Waals surface area contributed by atoms with E-state index in [0.29, 0.717) is 6.61 Å². The third-order valence-corrected chi connectivity index (χ3v) is 1.98. The molecular weight excluding hydrogens is 344 g/mol. The van der Waals surface area contributed by atoms with Gasteiger partial charge in [-0.25, -0.2) is 0 Å². The molecule has 0 saturated heterocycles. The van der Waals surface area contributed by atoms with Crippen LogP contribution in [0.15, 0.2) is 0 Å². The second-order valence-electron chi connectivity index (χ2n) is 2.50. The smallest absolute Gasteiger partial charge is 0.309 e. The Labute approximate surface area is 90.4 Å². The van der Waals surface area contributed by atoms with Gasteiger partial charge in [-0.15, -0.1) is 0 Å². The van der Waals surface area contributed by atoms with Gasteiger partial charge in [-0.05, 0) is 12.8 Å². The van der Waals surface area contributed by atoms with Crippen molar-refractivity contribution < 1.29 is 9.53 Å². The molecule has 2 nitrogen and oxygen atoms in total. The molecule has 0 aliphatic heterocycles. The van der Waals surface area contributed by atoms with Gasteiger partial charge < -0.3 is 4.74 Å². The van der Waals surface area contributed by atoms with Crippen molar-refractivity contribution in [2.75, 3.05) is 6.61 Å². The van der Waals surface area contributed by atoms with Crippen molar-refractivity contribution in [3.05, 3.63) is 0 Å².